The van der Waals surface area contributed by atoms with Crippen molar-refractivity contribution in [1.29, 1.82) is 0 Å². The molecule has 0 atom stereocenters. The van der Waals surface area contributed by atoms with Crippen molar-refractivity contribution < 1.29 is 9.53 Å². The molecule has 2 amide bonds. The lowest BCUT2D eigenvalue weighted by atomic mass is 10.1. The predicted molar refractivity (Wildman–Crippen MR) is 109 cm³/mol. The molecule has 1 N–H and O–H groups in total. The van der Waals surface area contributed by atoms with Crippen molar-refractivity contribution in [2.45, 2.75) is 51.6 Å². The number of hydrogen-bond acceptors (Lipinski definition) is 2. The first-order valence-electron chi connectivity index (χ1n) is 9.89. The van der Waals surface area contributed by atoms with Gasteiger partial charge >= 0.3 is 6.03 Å². The number of urea groups is 1. The third-order valence-electron chi connectivity index (χ3n) is 5.37. The monoisotopic (exact) mass is 366 g/mol. The van der Waals surface area contributed by atoms with E-state index >= 15 is 0 Å². The molecule has 0 spiro atoms. The number of nitrogens with one attached hydrogen (secondary N) is 1. The number of benzene rings is 2. The van der Waals surface area contributed by atoms with Gasteiger partial charge in [-0.25, -0.2) is 4.79 Å². The smallest absolute Gasteiger partial charge is 0.317 e. The van der Waals surface area contributed by atoms with Gasteiger partial charge in [-0.1, -0.05) is 55.3 Å². The Kier molecular flexibility index (Phi) is 6.74. The maximum atomic E-state index is 12.9. The highest BCUT2D eigenvalue weighted by Gasteiger charge is 2.26. The van der Waals surface area contributed by atoms with Crippen LogP contribution in [0.2, 0.25) is 0 Å². The highest BCUT2D eigenvalue weighted by atomic mass is 16.5. The van der Waals surface area contributed by atoms with Crippen molar-refractivity contribution in [2.75, 3.05) is 13.7 Å². The van der Waals surface area contributed by atoms with Crippen molar-refractivity contribution in [1.82, 2.24) is 10.2 Å². The summed E-state index contributed by atoms with van der Waals surface area (Å²) in [5.74, 6) is 0.887. The third kappa shape index (κ3) is 5.25. The van der Waals surface area contributed by atoms with Gasteiger partial charge in [0.1, 0.15) is 5.75 Å². The van der Waals surface area contributed by atoms with Crippen molar-refractivity contribution >= 4 is 6.03 Å². The fourth-order valence-corrected chi connectivity index (χ4v) is 3.88. The molecule has 27 heavy (non-hydrogen) atoms. The van der Waals surface area contributed by atoms with Crippen LogP contribution >= 0.6 is 0 Å². The Morgan fingerprint density at radius 1 is 1.11 bits per heavy atom. The minimum absolute atomic E-state index is 0.0475. The summed E-state index contributed by atoms with van der Waals surface area (Å²) in [7, 11) is 1.69. The average molecular weight is 367 g/mol. The SMILES string of the molecule is COc1ccc(CN(C(=O)NCCc2ccccc2)C2CCCC2)cc1C. The molecule has 0 saturated heterocycles. The molecule has 0 unspecified atom stereocenters. The number of carbonyl (C=O) groups is 1. The molecule has 4 heteroatoms. The Morgan fingerprint density at radius 2 is 1.85 bits per heavy atom. The average Bonchev–Trinajstić information content (AvgIpc) is 3.21. The van der Waals surface area contributed by atoms with Gasteiger partial charge in [0.05, 0.1) is 7.11 Å². The van der Waals surface area contributed by atoms with Crippen LogP contribution in [-0.2, 0) is 13.0 Å². The molecular weight excluding hydrogens is 336 g/mol. The van der Waals surface area contributed by atoms with Crippen molar-refractivity contribution in [3.63, 3.8) is 0 Å². The van der Waals surface area contributed by atoms with Gasteiger partial charge in [0.2, 0.25) is 0 Å². The van der Waals surface area contributed by atoms with Crippen LogP contribution in [0.1, 0.15) is 42.4 Å². The molecular formula is C23H30N2O2. The quantitative estimate of drug-likeness (QED) is 0.772. The zero-order chi connectivity index (χ0) is 19.1. The Balaban J connectivity index is 1.63. The first-order valence-corrected chi connectivity index (χ1v) is 9.89. The van der Waals surface area contributed by atoms with Gasteiger partial charge in [-0.3, -0.25) is 0 Å². The fourth-order valence-electron chi connectivity index (χ4n) is 3.88. The topological polar surface area (TPSA) is 41.6 Å². The maximum Gasteiger partial charge on any atom is 0.317 e. The molecule has 4 nitrogen and oxygen atoms in total. The fraction of sp³-hybridized carbons (Fsp3) is 0.435. The van der Waals surface area contributed by atoms with E-state index in [1.165, 1.54) is 18.4 Å². The van der Waals surface area contributed by atoms with Crippen molar-refractivity contribution in [3.05, 3.63) is 65.2 Å². The van der Waals surface area contributed by atoms with E-state index in [1.54, 1.807) is 7.11 Å². The van der Waals surface area contributed by atoms with E-state index in [1.807, 2.05) is 36.1 Å². The lowest BCUT2D eigenvalue weighted by Gasteiger charge is -2.29. The first kappa shape index (κ1) is 19.3. The Hall–Kier alpha value is -2.49. The predicted octanol–water partition coefficient (Wildman–Crippen LogP) is 4.70. The number of nitrogens with zero attached hydrogens (tertiary/aromatic N) is 1. The van der Waals surface area contributed by atoms with Crippen molar-refractivity contribution in [3.8, 4) is 5.75 Å². The molecule has 1 aliphatic rings. The van der Waals surface area contributed by atoms with Gasteiger partial charge in [0.15, 0.2) is 0 Å². The van der Waals surface area contributed by atoms with Gasteiger partial charge in [0, 0.05) is 19.1 Å². The second kappa shape index (κ2) is 9.45. The lowest BCUT2D eigenvalue weighted by molar-refractivity contribution is 0.171. The Morgan fingerprint density at radius 3 is 2.52 bits per heavy atom. The van der Waals surface area contributed by atoms with Gasteiger partial charge in [-0.2, -0.15) is 0 Å². The number of aryl methyl sites for hydroxylation is 1. The first-order chi connectivity index (χ1) is 13.2. The van der Waals surface area contributed by atoms with Gasteiger partial charge < -0.3 is 15.0 Å². The zero-order valence-corrected chi connectivity index (χ0v) is 16.4. The number of methoxy groups -OCH3 is 1. The van der Waals surface area contributed by atoms with Gasteiger partial charge in [0.25, 0.3) is 0 Å². The third-order valence-corrected chi connectivity index (χ3v) is 5.37. The molecule has 1 fully saturated rings. The second-order valence-electron chi connectivity index (χ2n) is 7.34. The Labute approximate surface area is 162 Å². The molecule has 2 aromatic carbocycles. The van der Waals surface area contributed by atoms with Gasteiger partial charge in [-0.05, 0) is 48.9 Å². The molecule has 0 heterocycles. The zero-order valence-electron chi connectivity index (χ0n) is 16.4. The van der Waals surface area contributed by atoms with Crippen LogP contribution in [0.4, 0.5) is 4.79 Å². The minimum Gasteiger partial charge on any atom is -0.496 e. The number of ether oxygens (including phenoxy) is 1. The molecule has 1 saturated carbocycles. The summed E-state index contributed by atoms with van der Waals surface area (Å²) in [5, 5.41) is 3.13. The molecule has 0 aromatic heterocycles. The van der Waals surface area contributed by atoms with E-state index in [2.05, 4.69) is 29.6 Å². The summed E-state index contributed by atoms with van der Waals surface area (Å²) < 4.78 is 5.35. The molecule has 0 bridgehead atoms. The van der Waals surface area contributed by atoms with E-state index in [9.17, 15) is 4.79 Å². The molecule has 1 aliphatic carbocycles. The summed E-state index contributed by atoms with van der Waals surface area (Å²) in [4.78, 5) is 15.0. The normalized spacial score (nSPS) is 14.1. The van der Waals surface area contributed by atoms with Crippen LogP contribution in [0.3, 0.4) is 0 Å². The van der Waals surface area contributed by atoms with E-state index in [0.29, 0.717) is 19.1 Å². The number of rotatable bonds is 7. The summed E-state index contributed by atoms with van der Waals surface area (Å²) in [6.45, 7) is 3.35. The van der Waals surface area contributed by atoms with E-state index in [4.69, 9.17) is 4.74 Å². The highest BCUT2D eigenvalue weighted by Crippen LogP contribution is 2.26. The maximum absolute atomic E-state index is 12.9. The van der Waals surface area contributed by atoms with E-state index in [-0.39, 0.29) is 6.03 Å². The highest BCUT2D eigenvalue weighted by molar-refractivity contribution is 5.74. The molecule has 0 aliphatic heterocycles. The summed E-state index contributed by atoms with van der Waals surface area (Å²) >= 11 is 0. The molecule has 3 rings (SSSR count). The van der Waals surface area contributed by atoms with Crippen LogP contribution in [0.15, 0.2) is 48.5 Å². The minimum atomic E-state index is 0.0475. The van der Waals surface area contributed by atoms with Crippen molar-refractivity contribution in [2.24, 2.45) is 0 Å². The molecule has 2 aromatic rings. The number of carbonyl (C=O) groups excluding carboxylic acids is 1. The van der Waals surface area contributed by atoms with Gasteiger partial charge in [-0.15, -0.1) is 0 Å². The largest absolute Gasteiger partial charge is 0.496 e. The Bertz CT molecular complexity index is 739. The van der Waals surface area contributed by atoms with Crippen LogP contribution in [0.25, 0.3) is 0 Å². The second-order valence-corrected chi connectivity index (χ2v) is 7.34. The summed E-state index contributed by atoms with van der Waals surface area (Å²) in [6, 6.07) is 16.8. The van der Waals surface area contributed by atoms with Crippen LogP contribution < -0.4 is 10.1 Å². The number of hydrogen-bond donors (Lipinski definition) is 1. The van der Waals surface area contributed by atoms with Crippen LogP contribution in [-0.4, -0.2) is 30.6 Å². The molecule has 144 valence electrons. The van der Waals surface area contributed by atoms with Crippen LogP contribution in [0, 0.1) is 6.92 Å². The summed E-state index contributed by atoms with van der Waals surface area (Å²) in [5.41, 5.74) is 3.50. The number of amides is 2. The summed E-state index contributed by atoms with van der Waals surface area (Å²) in [6.07, 6.45) is 5.47. The molecule has 0 radical (unpaired) electrons. The lowest BCUT2D eigenvalue weighted by Crippen LogP contribution is -2.45. The van der Waals surface area contributed by atoms with E-state index in [0.717, 1.165) is 36.1 Å². The van der Waals surface area contributed by atoms with E-state index < -0.39 is 0 Å². The standard InChI is InChI=1S/C23H30N2O2/c1-18-16-20(12-13-22(18)27-2)17-25(21-10-6-7-11-21)23(26)24-15-14-19-8-4-3-5-9-19/h3-5,8-9,12-13,16,21H,6-7,10-11,14-15,17H2,1-2H3,(H,24,26). The van der Waals surface area contributed by atoms with Crippen LogP contribution in [0.5, 0.6) is 5.75 Å².